The Labute approximate surface area is 268 Å². The van der Waals surface area contributed by atoms with E-state index in [9.17, 15) is 28.8 Å². The van der Waals surface area contributed by atoms with Crippen molar-refractivity contribution in [3.63, 3.8) is 0 Å². The summed E-state index contributed by atoms with van der Waals surface area (Å²) in [5.41, 5.74) is 0. The lowest BCUT2D eigenvalue weighted by atomic mass is 9.98. The zero-order chi connectivity index (χ0) is 34.6. The van der Waals surface area contributed by atoms with E-state index in [4.69, 9.17) is 37.9 Å². The Hall–Kier alpha value is -4.66. The topological polar surface area (TPSA) is 176 Å². The van der Waals surface area contributed by atoms with E-state index in [2.05, 4.69) is 23.7 Å². The van der Waals surface area contributed by atoms with Gasteiger partial charge in [0.1, 0.15) is 18.8 Å². The van der Waals surface area contributed by atoms with Crippen molar-refractivity contribution in [1.29, 1.82) is 0 Å². The third-order valence-electron chi connectivity index (χ3n) is 5.58. The van der Waals surface area contributed by atoms with E-state index >= 15 is 0 Å². The fourth-order valence-corrected chi connectivity index (χ4v) is 3.94. The monoisotopic (exact) mass is 648 g/mol. The van der Waals surface area contributed by atoms with Crippen LogP contribution in [0.2, 0.25) is 0 Å². The van der Waals surface area contributed by atoms with Gasteiger partial charge in [0.25, 0.3) is 0 Å². The number of hydrogen-bond acceptors (Lipinski definition) is 14. The van der Waals surface area contributed by atoms with Crippen molar-refractivity contribution in [2.45, 2.75) is 104 Å². The van der Waals surface area contributed by atoms with Gasteiger partial charge < -0.3 is 37.9 Å². The van der Waals surface area contributed by atoms with Crippen molar-refractivity contribution in [3.05, 3.63) is 24.3 Å². The number of hydrogen-bond donors (Lipinski definition) is 0. The smallest absolute Gasteiger partial charge is 0.303 e. The molecular formula is C32H40O14. The number of carbonyl (C=O) groups excluding carboxylic acids is 6. The molecule has 1 rings (SSSR count). The first-order chi connectivity index (χ1) is 21.7. The Balaban J connectivity index is 3.67. The maximum atomic E-state index is 12.2. The number of esters is 6. The average Bonchev–Trinajstić information content (AvgIpc) is 2.94. The van der Waals surface area contributed by atoms with E-state index in [-0.39, 0.29) is 6.61 Å². The van der Waals surface area contributed by atoms with E-state index < -0.39 is 85.3 Å². The molecule has 1 aliphatic rings. The van der Waals surface area contributed by atoms with Crippen LogP contribution in [0.15, 0.2) is 24.3 Å². The van der Waals surface area contributed by atoms with Gasteiger partial charge in [0, 0.05) is 41.5 Å². The van der Waals surface area contributed by atoms with Gasteiger partial charge in [0.05, 0.1) is 6.61 Å². The van der Waals surface area contributed by atoms with Crippen LogP contribution in [0, 0.1) is 23.7 Å². The largest absolute Gasteiger partial charge is 0.466 e. The van der Waals surface area contributed by atoms with Crippen molar-refractivity contribution in [2.24, 2.45) is 0 Å². The summed E-state index contributed by atoms with van der Waals surface area (Å²) in [6, 6.07) is 0. The molecule has 0 aromatic heterocycles. The molecule has 0 N–H and O–H groups in total. The third-order valence-corrected chi connectivity index (χ3v) is 5.58. The number of carbonyl (C=O) groups is 6. The van der Waals surface area contributed by atoms with E-state index in [0.717, 1.165) is 34.6 Å². The summed E-state index contributed by atoms with van der Waals surface area (Å²) in [4.78, 5) is 71.2. The highest BCUT2D eigenvalue weighted by Crippen LogP contribution is 2.31. The molecular weight excluding hydrogens is 608 g/mol. The number of unbranched alkanes of at least 4 members (excludes halogenated alkanes) is 1. The minimum absolute atomic E-state index is 0.151. The van der Waals surface area contributed by atoms with E-state index in [1.807, 2.05) is 0 Å². The first-order valence-corrected chi connectivity index (χ1v) is 14.3. The van der Waals surface area contributed by atoms with Gasteiger partial charge in [-0.1, -0.05) is 24.1 Å². The molecule has 1 heterocycles. The summed E-state index contributed by atoms with van der Waals surface area (Å²) in [5, 5.41) is 0. The van der Waals surface area contributed by atoms with Gasteiger partial charge in [-0.05, 0) is 43.6 Å². The fourth-order valence-electron chi connectivity index (χ4n) is 3.94. The molecule has 46 heavy (non-hydrogen) atoms. The molecule has 0 aromatic rings. The van der Waals surface area contributed by atoms with Gasteiger partial charge in [0.2, 0.25) is 0 Å². The average molecular weight is 649 g/mol. The van der Waals surface area contributed by atoms with Gasteiger partial charge in [0.15, 0.2) is 30.7 Å². The molecule has 7 atom stereocenters. The van der Waals surface area contributed by atoms with Crippen LogP contribution in [0.25, 0.3) is 0 Å². The Bertz CT molecular complexity index is 1260. The summed E-state index contributed by atoms with van der Waals surface area (Å²) in [5.74, 6) is 6.32. The van der Waals surface area contributed by atoms with Crippen LogP contribution < -0.4 is 0 Å². The molecule has 0 radical (unpaired) electrons. The SMILES string of the molecule is C/C=C/C#CC#C[C@H](OC(C)=O)[C@H](/C=C/CCCOC(C)=O)O[C@H]1O[C@@H](COC(C)=O)[C@H](OC(C)=O)[C@@H](OC(C)=O)[C@@H]1OC(C)=O. The highest BCUT2D eigenvalue weighted by molar-refractivity contribution is 5.69. The maximum Gasteiger partial charge on any atom is 0.303 e. The van der Waals surface area contributed by atoms with Crippen molar-refractivity contribution in [2.75, 3.05) is 13.2 Å². The van der Waals surface area contributed by atoms with Crippen LogP contribution >= 0.6 is 0 Å². The van der Waals surface area contributed by atoms with Crippen LogP contribution in [0.1, 0.15) is 61.3 Å². The molecule has 0 aliphatic carbocycles. The molecule has 1 fully saturated rings. The summed E-state index contributed by atoms with van der Waals surface area (Å²) in [7, 11) is 0. The second-order valence-corrected chi connectivity index (χ2v) is 9.65. The Morgan fingerprint density at radius 1 is 0.761 bits per heavy atom. The molecule has 0 saturated carbocycles. The van der Waals surface area contributed by atoms with Crippen LogP contribution in [0.4, 0.5) is 0 Å². The predicted octanol–water partition coefficient (Wildman–Crippen LogP) is 1.87. The normalized spacial score (nSPS) is 21.8. The van der Waals surface area contributed by atoms with Crippen molar-refractivity contribution >= 4 is 35.8 Å². The molecule has 0 spiro atoms. The van der Waals surface area contributed by atoms with Gasteiger partial charge in [-0.25, -0.2) is 0 Å². The zero-order valence-electron chi connectivity index (χ0n) is 26.9. The quantitative estimate of drug-likeness (QED) is 0.0877. The highest BCUT2D eigenvalue weighted by Gasteiger charge is 2.53. The van der Waals surface area contributed by atoms with E-state index in [1.165, 1.54) is 13.0 Å². The molecule has 0 amide bonds. The molecule has 0 unspecified atom stereocenters. The lowest BCUT2D eigenvalue weighted by Crippen LogP contribution is -2.63. The minimum Gasteiger partial charge on any atom is -0.466 e. The molecule has 14 heteroatoms. The fraction of sp³-hybridized carbons (Fsp3) is 0.562. The molecule has 1 aliphatic heterocycles. The molecule has 0 bridgehead atoms. The first kappa shape index (κ1) is 39.4. The number of rotatable bonds is 14. The van der Waals surface area contributed by atoms with Crippen molar-refractivity contribution < 1.29 is 66.7 Å². The van der Waals surface area contributed by atoms with Crippen LogP contribution in [-0.4, -0.2) is 91.9 Å². The van der Waals surface area contributed by atoms with Crippen LogP contribution in [0.5, 0.6) is 0 Å². The van der Waals surface area contributed by atoms with Crippen LogP contribution in [-0.2, 0) is 66.7 Å². The van der Waals surface area contributed by atoms with Gasteiger partial charge >= 0.3 is 35.8 Å². The lowest BCUT2D eigenvalue weighted by molar-refractivity contribution is -0.316. The number of ether oxygens (including phenoxy) is 8. The van der Waals surface area contributed by atoms with E-state index in [0.29, 0.717) is 12.8 Å². The van der Waals surface area contributed by atoms with Gasteiger partial charge in [-0.2, -0.15) is 0 Å². The van der Waals surface area contributed by atoms with Crippen LogP contribution in [0.3, 0.4) is 0 Å². The second kappa shape index (κ2) is 21.1. The summed E-state index contributed by atoms with van der Waals surface area (Å²) in [6.07, 6.45) is -2.49. The molecule has 252 valence electrons. The Morgan fingerprint density at radius 2 is 1.37 bits per heavy atom. The highest BCUT2D eigenvalue weighted by atomic mass is 16.7. The third kappa shape index (κ3) is 15.9. The van der Waals surface area contributed by atoms with Crippen molar-refractivity contribution in [3.8, 4) is 23.7 Å². The zero-order valence-corrected chi connectivity index (χ0v) is 26.9. The Kier molecular flexibility index (Phi) is 18.1. The maximum absolute atomic E-state index is 12.2. The van der Waals surface area contributed by atoms with Gasteiger partial charge in [-0.3, -0.25) is 28.8 Å². The van der Waals surface area contributed by atoms with Crippen molar-refractivity contribution in [1.82, 2.24) is 0 Å². The standard InChI is InChI=1S/C32H40O14/c1-8-9-10-11-13-16-26(41-22(4)35)27(17-14-12-15-18-39-20(2)33)45-32-31(44-25(7)38)30(43-24(6)37)29(42-23(5)36)28(46-32)19-40-21(3)34/h8-9,14,17,26-32H,12,15,18-19H2,1-7H3/b9-8+,17-14+/t26-,27-,28-,29-,30+,31-,32-/m0/s1. The van der Waals surface area contributed by atoms with Gasteiger partial charge in [-0.15, -0.1) is 0 Å². The second-order valence-electron chi connectivity index (χ2n) is 9.65. The molecule has 1 saturated heterocycles. The first-order valence-electron chi connectivity index (χ1n) is 14.3. The summed E-state index contributed by atoms with van der Waals surface area (Å²) >= 11 is 0. The summed E-state index contributed by atoms with van der Waals surface area (Å²) < 4.78 is 44.0. The summed E-state index contributed by atoms with van der Waals surface area (Å²) in [6.45, 7) is 8.32. The molecule has 0 aromatic carbocycles. The van der Waals surface area contributed by atoms with E-state index in [1.54, 1.807) is 25.2 Å². The number of allylic oxidation sites excluding steroid dienone is 3. The Morgan fingerprint density at radius 3 is 1.93 bits per heavy atom. The lowest BCUT2D eigenvalue weighted by Gasteiger charge is -2.44. The minimum atomic E-state index is -1.58. The molecule has 14 nitrogen and oxygen atoms in total. The predicted molar refractivity (Wildman–Crippen MR) is 158 cm³/mol.